The Bertz CT molecular complexity index is 536. The quantitative estimate of drug-likeness (QED) is 0.807. The highest BCUT2D eigenvalue weighted by Gasteiger charge is 2.14. The van der Waals surface area contributed by atoms with Gasteiger partial charge in [-0.15, -0.1) is 0 Å². The molecule has 0 saturated heterocycles. The van der Waals surface area contributed by atoms with E-state index in [1.807, 2.05) is 24.3 Å². The third kappa shape index (κ3) is 3.52. The molecule has 0 aliphatic rings. The number of unbranched alkanes of at least 4 members (excludes halogenated alkanes) is 1. The zero-order valence-electron chi connectivity index (χ0n) is 11.2. The van der Waals surface area contributed by atoms with Gasteiger partial charge in [0.15, 0.2) is 0 Å². The number of rotatable bonds is 5. The van der Waals surface area contributed by atoms with Crippen LogP contribution in [0, 0.1) is 11.3 Å². The molecule has 0 amide bonds. The minimum atomic E-state index is 0.171. The van der Waals surface area contributed by atoms with E-state index in [0.717, 1.165) is 24.0 Å². The summed E-state index contributed by atoms with van der Waals surface area (Å²) in [6.07, 6.45) is 2.22. The molecule has 2 N–H and O–H groups in total. The fourth-order valence-corrected chi connectivity index (χ4v) is 2.32. The summed E-state index contributed by atoms with van der Waals surface area (Å²) in [6.45, 7) is 0. The minimum absolute atomic E-state index is 0.171. The van der Waals surface area contributed by atoms with E-state index in [9.17, 15) is 10.2 Å². The van der Waals surface area contributed by atoms with Crippen LogP contribution in [-0.4, -0.2) is 10.2 Å². The Morgan fingerprint density at radius 1 is 0.850 bits per heavy atom. The van der Waals surface area contributed by atoms with Crippen molar-refractivity contribution in [2.75, 3.05) is 0 Å². The molecule has 20 heavy (non-hydrogen) atoms. The summed E-state index contributed by atoms with van der Waals surface area (Å²) in [5, 5.41) is 27.4. The lowest BCUT2D eigenvalue weighted by atomic mass is 9.87. The van der Waals surface area contributed by atoms with Crippen LogP contribution in [0.15, 0.2) is 48.5 Å². The Kier molecular flexibility index (Phi) is 4.62. The number of hydrogen-bond acceptors (Lipinski definition) is 3. The molecule has 2 rings (SSSR count). The molecule has 0 saturated carbocycles. The molecule has 0 radical (unpaired) electrons. The van der Waals surface area contributed by atoms with Gasteiger partial charge in [0.1, 0.15) is 11.5 Å². The Morgan fingerprint density at radius 3 is 1.70 bits per heavy atom. The lowest BCUT2D eigenvalue weighted by molar-refractivity contribution is 0.475. The maximum Gasteiger partial charge on any atom is 0.115 e. The van der Waals surface area contributed by atoms with E-state index in [1.165, 1.54) is 0 Å². The molecule has 0 heterocycles. The van der Waals surface area contributed by atoms with E-state index in [4.69, 9.17) is 5.26 Å². The maximum absolute atomic E-state index is 9.38. The lowest BCUT2D eigenvalue weighted by Gasteiger charge is -2.17. The normalized spacial score (nSPS) is 10.4. The van der Waals surface area contributed by atoms with Crippen molar-refractivity contribution >= 4 is 0 Å². The topological polar surface area (TPSA) is 64.2 Å². The van der Waals surface area contributed by atoms with E-state index in [1.54, 1.807) is 24.3 Å². The van der Waals surface area contributed by atoms with Crippen molar-refractivity contribution in [2.45, 2.75) is 25.2 Å². The number of phenolic OH excluding ortho intramolecular Hbond substituents is 2. The van der Waals surface area contributed by atoms with Crippen molar-refractivity contribution in [1.82, 2.24) is 0 Å². The molecule has 3 heteroatoms. The number of phenols is 2. The summed E-state index contributed by atoms with van der Waals surface area (Å²) in [5.74, 6) is 0.662. The van der Waals surface area contributed by atoms with Crippen molar-refractivity contribution in [3.8, 4) is 17.6 Å². The highest BCUT2D eigenvalue weighted by Crippen LogP contribution is 2.31. The van der Waals surface area contributed by atoms with Crippen molar-refractivity contribution in [2.24, 2.45) is 0 Å². The van der Waals surface area contributed by atoms with Gasteiger partial charge in [0.25, 0.3) is 0 Å². The van der Waals surface area contributed by atoms with Crippen molar-refractivity contribution in [3.63, 3.8) is 0 Å². The Morgan fingerprint density at radius 2 is 1.30 bits per heavy atom. The molecule has 0 fully saturated rings. The van der Waals surface area contributed by atoms with Crippen LogP contribution in [0.3, 0.4) is 0 Å². The van der Waals surface area contributed by atoms with Crippen molar-refractivity contribution in [1.29, 1.82) is 5.26 Å². The molecule has 0 unspecified atom stereocenters. The Balaban J connectivity index is 2.26. The molecule has 0 aliphatic heterocycles. The van der Waals surface area contributed by atoms with Crippen LogP contribution in [0.1, 0.15) is 36.3 Å². The van der Waals surface area contributed by atoms with Crippen molar-refractivity contribution in [3.05, 3.63) is 59.7 Å². The lowest BCUT2D eigenvalue weighted by Crippen LogP contribution is -2.01. The third-order valence-corrected chi connectivity index (χ3v) is 3.37. The fraction of sp³-hybridized carbons (Fsp3) is 0.235. The molecule has 0 spiro atoms. The van der Waals surface area contributed by atoms with E-state index < -0.39 is 0 Å². The van der Waals surface area contributed by atoms with E-state index >= 15 is 0 Å². The minimum Gasteiger partial charge on any atom is -0.508 e. The van der Waals surface area contributed by atoms with Crippen LogP contribution in [-0.2, 0) is 0 Å². The monoisotopic (exact) mass is 267 g/mol. The second-order valence-corrected chi connectivity index (χ2v) is 4.79. The average Bonchev–Trinajstić information content (AvgIpc) is 2.46. The number of aromatic hydroxyl groups is 2. The molecular weight excluding hydrogens is 250 g/mol. The third-order valence-electron chi connectivity index (χ3n) is 3.37. The second-order valence-electron chi connectivity index (χ2n) is 4.79. The molecule has 0 atom stereocenters. The maximum atomic E-state index is 9.38. The van der Waals surface area contributed by atoms with Gasteiger partial charge in [0, 0.05) is 12.3 Å². The molecule has 2 aromatic carbocycles. The Hall–Kier alpha value is -2.47. The van der Waals surface area contributed by atoms with E-state index in [-0.39, 0.29) is 17.4 Å². The summed E-state index contributed by atoms with van der Waals surface area (Å²) >= 11 is 0. The molecule has 2 aromatic rings. The second kappa shape index (κ2) is 6.63. The summed E-state index contributed by atoms with van der Waals surface area (Å²) in [4.78, 5) is 0. The average molecular weight is 267 g/mol. The molecule has 3 nitrogen and oxygen atoms in total. The van der Waals surface area contributed by atoms with Gasteiger partial charge in [-0.3, -0.25) is 0 Å². The van der Waals surface area contributed by atoms with Gasteiger partial charge in [-0.1, -0.05) is 24.3 Å². The summed E-state index contributed by atoms with van der Waals surface area (Å²) < 4.78 is 0. The first-order valence-corrected chi connectivity index (χ1v) is 6.65. The van der Waals surface area contributed by atoms with Crippen LogP contribution < -0.4 is 0 Å². The van der Waals surface area contributed by atoms with Crippen LogP contribution in [0.2, 0.25) is 0 Å². The number of hydrogen-bond donors (Lipinski definition) is 2. The first-order chi connectivity index (χ1) is 9.70. The zero-order valence-corrected chi connectivity index (χ0v) is 11.2. The molecule has 0 bridgehead atoms. The largest absolute Gasteiger partial charge is 0.508 e. The van der Waals surface area contributed by atoms with Gasteiger partial charge >= 0.3 is 0 Å². The summed E-state index contributed by atoms with van der Waals surface area (Å²) in [7, 11) is 0. The van der Waals surface area contributed by atoms with Gasteiger partial charge in [-0.25, -0.2) is 0 Å². The van der Waals surface area contributed by atoms with Gasteiger partial charge in [-0.2, -0.15) is 5.26 Å². The highest BCUT2D eigenvalue weighted by molar-refractivity contribution is 5.37. The molecular formula is C17H17NO2. The SMILES string of the molecule is N#CCCCC(c1ccc(O)cc1)c1ccc(O)cc1. The first-order valence-electron chi connectivity index (χ1n) is 6.65. The van der Waals surface area contributed by atoms with Gasteiger partial charge in [0.05, 0.1) is 6.07 Å². The van der Waals surface area contributed by atoms with Crippen LogP contribution in [0.25, 0.3) is 0 Å². The number of benzene rings is 2. The van der Waals surface area contributed by atoms with Crippen LogP contribution >= 0.6 is 0 Å². The van der Waals surface area contributed by atoms with Gasteiger partial charge in [-0.05, 0) is 48.2 Å². The highest BCUT2D eigenvalue weighted by atomic mass is 16.3. The van der Waals surface area contributed by atoms with Gasteiger partial charge < -0.3 is 10.2 Å². The molecule has 102 valence electrons. The molecule has 0 aliphatic carbocycles. The number of nitriles is 1. The standard InChI is InChI=1S/C17H17NO2/c18-12-2-1-3-17(13-4-8-15(19)9-5-13)14-6-10-16(20)11-7-14/h4-11,17,19-20H,1-3H2. The number of nitrogens with zero attached hydrogens (tertiary/aromatic N) is 1. The predicted molar refractivity (Wildman–Crippen MR) is 77.5 cm³/mol. The zero-order chi connectivity index (χ0) is 14.4. The van der Waals surface area contributed by atoms with E-state index in [0.29, 0.717) is 6.42 Å². The van der Waals surface area contributed by atoms with Gasteiger partial charge in [0.2, 0.25) is 0 Å². The first kappa shape index (κ1) is 14.0. The van der Waals surface area contributed by atoms with E-state index in [2.05, 4.69) is 6.07 Å². The predicted octanol–water partition coefficient (Wildman–Crippen LogP) is 3.92. The van der Waals surface area contributed by atoms with Crippen LogP contribution in [0.4, 0.5) is 0 Å². The van der Waals surface area contributed by atoms with Crippen molar-refractivity contribution < 1.29 is 10.2 Å². The molecule has 0 aromatic heterocycles. The smallest absolute Gasteiger partial charge is 0.115 e. The van der Waals surface area contributed by atoms with Crippen LogP contribution in [0.5, 0.6) is 11.5 Å². The summed E-state index contributed by atoms with van der Waals surface area (Å²) in [5.41, 5.74) is 2.21. The fourth-order valence-electron chi connectivity index (χ4n) is 2.32. The summed E-state index contributed by atoms with van der Waals surface area (Å²) in [6, 6.07) is 16.5. The Labute approximate surface area is 118 Å².